The minimum absolute atomic E-state index is 0.0566. The van der Waals surface area contributed by atoms with Gasteiger partial charge in [-0.1, -0.05) is 12.1 Å². The van der Waals surface area contributed by atoms with Crippen molar-refractivity contribution in [3.05, 3.63) is 70.5 Å². The van der Waals surface area contributed by atoms with Crippen LogP contribution in [0.3, 0.4) is 0 Å². The number of halogens is 7. The largest absolute Gasteiger partial charge is 0.444 e. The zero-order valence-electron chi connectivity index (χ0n) is 20.5. The lowest BCUT2D eigenvalue weighted by Crippen LogP contribution is -2.46. The van der Waals surface area contributed by atoms with E-state index in [9.17, 15) is 35.5 Å². The lowest BCUT2D eigenvalue weighted by molar-refractivity contribution is -0.143. The molecule has 0 aromatic heterocycles. The van der Waals surface area contributed by atoms with Gasteiger partial charge in [-0.3, -0.25) is 0 Å². The van der Waals surface area contributed by atoms with Gasteiger partial charge in [0.15, 0.2) is 0 Å². The molecule has 11 heteroatoms. The first-order valence-corrected chi connectivity index (χ1v) is 11.6. The number of hydrogen-bond donors (Lipinski definition) is 0. The van der Waals surface area contributed by atoms with E-state index in [1.54, 1.807) is 32.9 Å². The van der Waals surface area contributed by atoms with E-state index >= 15 is 0 Å². The smallest absolute Gasteiger partial charge is 0.416 e. The Labute approximate surface area is 210 Å². The molecule has 0 bridgehead atoms. The molecular formula is C26H28F7NO3. The Morgan fingerprint density at radius 2 is 1.51 bits per heavy atom. The molecule has 2 atom stereocenters. The summed E-state index contributed by atoms with van der Waals surface area (Å²) in [6, 6.07) is 7.13. The quantitative estimate of drug-likeness (QED) is 0.374. The van der Waals surface area contributed by atoms with Crippen molar-refractivity contribution in [2.24, 2.45) is 5.92 Å². The van der Waals surface area contributed by atoms with Gasteiger partial charge in [0.25, 0.3) is 0 Å². The fourth-order valence-corrected chi connectivity index (χ4v) is 4.27. The average molecular weight is 536 g/mol. The van der Waals surface area contributed by atoms with Crippen LogP contribution in [0.4, 0.5) is 35.5 Å². The number of likely N-dealkylation sites (tertiary alicyclic amines) is 1. The van der Waals surface area contributed by atoms with Crippen LogP contribution >= 0.6 is 0 Å². The predicted octanol–water partition coefficient (Wildman–Crippen LogP) is 7.42. The van der Waals surface area contributed by atoms with E-state index in [1.807, 2.05) is 0 Å². The van der Waals surface area contributed by atoms with Crippen LogP contribution in [-0.2, 0) is 28.4 Å². The summed E-state index contributed by atoms with van der Waals surface area (Å²) in [5.74, 6) is -0.959. The van der Waals surface area contributed by atoms with Crippen LogP contribution in [0.25, 0.3) is 0 Å². The molecule has 2 aromatic rings. The van der Waals surface area contributed by atoms with Crippen LogP contribution in [0.1, 0.15) is 55.4 Å². The number of piperidine rings is 1. The standard InChI is InChI=1S/C26H28F7NO3/c1-24(2,3)37-23(35)34-9-8-22(17-4-6-21(27)7-5-17)18(13-34)15-36-14-16-10-19(25(28,29)30)12-20(11-16)26(31,32)33/h4-7,10-12,18,22H,8-9,13-15H2,1-3H3. The topological polar surface area (TPSA) is 38.8 Å². The molecule has 0 aliphatic carbocycles. The number of carbonyl (C=O) groups is 1. The Hall–Kier alpha value is -2.82. The van der Waals surface area contributed by atoms with Crippen molar-refractivity contribution in [1.29, 1.82) is 0 Å². The molecule has 2 unspecified atom stereocenters. The SMILES string of the molecule is CC(C)(C)OC(=O)N1CCC(c2ccc(F)cc2)C(COCc2cc(C(F)(F)F)cc(C(F)(F)F)c2)C1. The summed E-state index contributed by atoms with van der Waals surface area (Å²) in [7, 11) is 0. The van der Waals surface area contributed by atoms with Gasteiger partial charge < -0.3 is 14.4 Å². The maximum atomic E-state index is 13.4. The first-order valence-electron chi connectivity index (χ1n) is 11.6. The third-order valence-corrected chi connectivity index (χ3v) is 5.93. The molecule has 3 rings (SSSR count). The van der Waals surface area contributed by atoms with Crippen molar-refractivity contribution >= 4 is 6.09 Å². The van der Waals surface area contributed by atoms with Crippen LogP contribution in [0.5, 0.6) is 0 Å². The van der Waals surface area contributed by atoms with E-state index < -0.39 is 47.6 Å². The Morgan fingerprint density at radius 3 is 2.03 bits per heavy atom. The summed E-state index contributed by atoms with van der Waals surface area (Å²) in [6.45, 7) is 5.16. The molecule has 204 valence electrons. The van der Waals surface area contributed by atoms with Crippen molar-refractivity contribution in [2.45, 2.75) is 57.7 Å². The third kappa shape index (κ3) is 8.08. The number of amides is 1. The Balaban J connectivity index is 1.78. The maximum Gasteiger partial charge on any atom is 0.416 e. The number of alkyl halides is 6. The van der Waals surface area contributed by atoms with Crippen molar-refractivity contribution in [2.75, 3.05) is 19.7 Å². The van der Waals surface area contributed by atoms with E-state index in [2.05, 4.69) is 0 Å². The fourth-order valence-electron chi connectivity index (χ4n) is 4.27. The molecule has 1 aliphatic rings. The highest BCUT2D eigenvalue weighted by Crippen LogP contribution is 2.37. The zero-order valence-corrected chi connectivity index (χ0v) is 20.5. The number of hydrogen-bond acceptors (Lipinski definition) is 3. The van der Waals surface area contributed by atoms with Gasteiger partial charge in [0.1, 0.15) is 11.4 Å². The molecular weight excluding hydrogens is 507 g/mol. The average Bonchev–Trinajstić information content (AvgIpc) is 2.77. The molecule has 0 radical (unpaired) electrons. The van der Waals surface area contributed by atoms with Crippen LogP contribution < -0.4 is 0 Å². The maximum absolute atomic E-state index is 13.4. The highest BCUT2D eigenvalue weighted by atomic mass is 19.4. The van der Waals surface area contributed by atoms with Gasteiger partial charge in [-0.05, 0) is 74.6 Å². The van der Waals surface area contributed by atoms with E-state index in [1.165, 1.54) is 17.0 Å². The normalized spacial score (nSPS) is 19.1. The first-order chi connectivity index (χ1) is 17.0. The summed E-state index contributed by atoms with van der Waals surface area (Å²) >= 11 is 0. The number of nitrogens with zero attached hydrogens (tertiary/aromatic N) is 1. The van der Waals surface area contributed by atoms with Gasteiger partial charge >= 0.3 is 18.4 Å². The minimum Gasteiger partial charge on any atom is -0.444 e. The summed E-state index contributed by atoms with van der Waals surface area (Å²) in [5, 5.41) is 0. The van der Waals surface area contributed by atoms with Crippen LogP contribution in [0, 0.1) is 11.7 Å². The summed E-state index contributed by atoms with van der Waals surface area (Å²) < 4.78 is 103. The molecule has 37 heavy (non-hydrogen) atoms. The Morgan fingerprint density at radius 1 is 0.946 bits per heavy atom. The second-order valence-corrected chi connectivity index (χ2v) is 10.1. The summed E-state index contributed by atoms with van der Waals surface area (Å²) in [5.41, 5.74) is -3.05. The van der Waals surface area contributed by atoms with E-state index in [0.29, 0.717) is 25.1 Å². The van der Waals surface area contributed by atoms with Gasteiger partial charge in [-0.15, -0.1) is 0 Å². The lowest BCUT2D eigenvalue weighted by Gasteiger charge is -2.39. The van der Waals surface area contributed by atoms with Gasteiger partial charge in [0.2, 0.25) is 0 Å². The molecule has 1 fully saturated rings. The highest BCUT2D eigenvalue weighted by molar-refractivity contribution is 5.68. The van der Waals surface area contributed by atoms with Crippen LogP contribution in [-0.4, -0.2) is 36.3 Å². The number of carbonyl (C=O) groups excluding carboxylic acids is 1. The molecule has 1 heterocycles. The molecule has 1 amide bonds. The van der Waals surface area contributed by atoms with Gasteiger partial charge in [0, 0.05) is 19.0 Å². The van der Waals surface area contributed by atoms with Crippen LogP contribution in [0.2, 0.25) is 0 Å². The Bertz CT molecular complexity index is 1040. The highest BCUT2D eigenvalue weighted by Gasteiger charge is 2.37. The molecule has 2 aromatic carbocycles. The molecule has 0 saturated carbocycles. The number of ether oxygens (including phenoxy) is 2. The van der Waals surface area contributed by atoms with Gasteiger partial charge in [-0.25, -0.2) is 9.18 Å². The van der Waals surface area contributed by atoms with E-state index in [0.717, 1.165) is 5.56 Å². The zero-order chi connectivity index (χ0) is 27.6. The summed E-state index contributed by atoms with van der Waals surface area (Å²) in [4.78, 5) is 14.1. The molecule has 0 spiro atoms. The second kappa shape index (κ2) is 10.9. The third-order valence-electron chi connectivity index (χ3n) is 5.93. The van der Waals surface area contributed by atoms with Crippen molar-refractivity contribution in [3.63, 3.8) is 0 Å². The molecule has 1 aliphatic heterocycles. The van der Waals surface area contributed by atoms with Crippen molar-refractivity contribution in [3.8, 4) is 0 Å². The molecule has 0 N–H and O–H groups in total. The molecule has 1 saturated heterocycles. The first kappa shape index (κ1) is 28.7. The second-order valence-electron chi connectivity index (χ2n) is 10.1. The predicted molar refractivity (Wildman–Crippen MR) is 121 cm³/mol. The van der Waals surface area contributed by atoms with E-state index in [4.69, 9.17) is 9.47 Å². The minimum atomic E-state index is -4.96. The fraction of sp³-hybridized carbons (Fsp3) is 0.500. The van der Waals surface area contributed by atoms with Crippen molar-refractivity contribution in [1.82, 2.24) is 4.90 Å². The molecule has 4 nitrogen and oxygen atoms in total. The number of rotatable bonds is 5. The van der Waals surface area contributed by atoms with Crippen molar-refractivity contribution < 1.29 is 45.0 Å². The van der Waals surface area contributed by atoms with E-state index in [-0.39, 0.29) is 36.6 Å². The number of benzene rings is 2. The van der Waals surface area contributed by atoms with Gasteiger partial charge in [0.05, 0.1) is 24.3 Å². The van der Waals surface area contributed by atoms with Gasteiger partial charge in [-0.2, -0.15) is 26.3 Å². The monoisotopic (exact) mass is 535 g/mol. The Kier molecular flexibility index (Phi) is 8.46. The summed E-state index contributed by atoms with van der Waals surface area (Å²) in [6.07, 6.45) is -9.97. The lowest BCUT2D eigenvalue weighted by atomic mass is 9.81. The van der Waals surface area contributed by atoms with Crippen LogP contribution in [0.15, 0.2) is 42.5 Å².